The Kier molecular flexibility index (Phi) is 6.86. The molecule has 0 saturated heterocycles. The lowest BCUT2D eigenvalue weighted by molar-refractivity contribution is -0.143. The molecule has 0 aliphatic carbocycles. The normalized spacial score (nSPS) is 14.5. The first-order valence-corrected chi connectivity index (χ1v) is 9.06. The summed E-state index contributed by atoms with van der Waals surface area (Å²) in [6.45, 7) is 1.57. The molecule has 0 aromatic heterocycles. The molecule has 0 bridgehead atoms. The monoisotopic (exact) mass is 432 g/mol. The van der Waals surface area contributed by atoms with E-state index in [-0.39, 0.29) is 24.6 Å². The largest absolute Gasteiger partial charge is 0.416 e. The second kappa shape index (κ2) is 8.67. The van der Waals surface area contributed by atoms with Gasteiger partial charge in [0.05, 0.1) is 11.1 Å². The lowest BCUT2D eigenvalue weighted by Gasteiger charge is -2.35. The number of hydrogen-bond acceptors (Lipinski definition) is 2. The van der Waals surface area contributed by atoms with E-state index in [9.17, 15) is 31.1 Å². The van der Waals surface area contributed by atoms with E-state index >= 15 is 0 Å². The first-order valence-electron chi connectivity index (χ1n) is 9.06. The summed E-state index contributed by atoms with van der Waals surface area (Å²) in [6, 6.07) is 10.3. The summed E-state index contributed by atoms with van der Waals surface area (Å²) in [5.41, 5.74) is -3.27. The molecule has 0 fully saturated rings. The molecule has 164 valence electrons. The van der Waals surface area contributed by atoms with Gasteiger partial charge in [-0.15, -0.1) is 0 Å². The third-order valence-electron chi connectivity index (χ3n) is 5.02. The van der Waals surface area contributed by atoms with E-state index in [2.05, 4.69) is 5.32 Å². The highest BCUT2D eigenvalue weighted by Crippen LogP contribution is 2.36. The maximum atomic E-state index is 13.0. The first-order chi connectivity index (χ1) is 13.8. The van der Waals surface area contributed by atoms with Gasteiger partial charge in [0.15, 0.2) is 0 Å². The van der Waals surface area contributed by atoms with Gasteiger partial charge in [-0.1, -0.05) is 30.3 Å². The molecule has 30 heavy (non-hydrogen) atoms. The Morgan fingerprint density at radius 3 is 1.80 bits per heavy atom. The van der Waals surface area contributed by atoms with Gasteiger partial charge < -0.3 is 5.32 Å². The van der Waals surface area contributed by atoms with Crippen molar-refractivity contribution in [3.05, 3.63) is 70.8 Å². The average Bonchev–Trinajstić information content (AvgIpc) is 2.66. The molecule has 2 aromatic rings. The molecule has 0 heterocycles. The quantitative estimate of drug-likeness (QED) is 0.662. The van der Waals surface area contributed by atoms with E-state index < -0.39 is 34.9 Å². The molecule has 3 nitrogen and oxygen atoms in total. The van der Waals surface area contributed by atoms with Crippen molar-refractivity contribution in [2.45, 2.75) is 31.2 Å². The molecule has 2 rings (SSSR count). The van der Waals surface area contributed by atoms with Crippen LogP contribution >= 0.6 is 0 Å². The molecule has 0 aliphatic rings. The molecule has 0 saturated carbocycles. The molecule has 0 aliphatic heterocycles. The van der Waals surface area contributed by atoms with Crippen molar-refractivity contribution >= 4 is 5.91 Å². The topological polar surface area (TPSA) is 32.3 Å². The number of halogens is 6. The summed E-state index contributed by atoms with van der Waals surface area (Å²) in [4.78, 5) is 14.5. The third kappa shape index (κ3) is 5.33. The number of benzene rings is 2. The van der Waals surface area contributed by atoms with Crippen LogP contribution in [-0.2, 0) is 29.1 Å². The predicted octanol–water partition coefficient (Wildman–Crippen LogP) is 4.86. The SMILES string of the molecule is CN(C)C(C)(C(=O)NCCc1cc(C(F)(F)F)cc(C(F)(F)F)c1)c1ccccc1. The van der Waals surface area contributed by atoms with Gasteiger partial charge in [0.1, 0.15) is 5.54 Å². The fourth-order valence-corrected chi connectivity index (χ4v) is 3.01. The number of rotatable bonds is 6. The lowest BCUT2D eigenvalue weighted by Crippen LogP contribution is -2.51. The van der Waals surface area contributed by atoms with Crippen LogP contribution in [0.3, 0.4) is 0 Å². The van der Waals surface area contributed by atoms with Crippen molar-refractivity contribution in [2.75, 3.05) is 20.6 Å². The Bertz CT molecular complexity index is 845. The Hall–Kier alpha value is -2.55. The van der Waals surface area contributed by atoms with E-state index in [4.69, 9.17) is 0 Å². The van der Waals surface area contributed by atoms with E-state index in [1.165, 1.54) is 0 Å². The smallest absolute Gasteiger partial charge is 0.354 e. The van der Waals surface area contributed by atoms with Crippen LogP contribution in [0.1, 0.15) is 29.2 Å². The number of carbonyl (C=O) groups is 1. The van der Waals surface area contributed by atoms with Gasteiger partial charge in [0.2, 0.25) is 5.91 Å². The van der Waals surface area contributed by atoms with Gasteiger partial charge in [-0.2, -0.15) is 26.3 Å². The highest BCUT2D eigenvalue weighted by molar-refractivity contribution is 5.87. The van der Waals surface area contributed by atoms with Crippen LogP contribution < -0.4 is 5.32 Å². The molecule has 1 N–H and O–H groups in total. The van der Waals surface area contributed by atoms with Crippen LogP contribution in [0.4, 0.5) is 26.3 Å². The predicted molar refractivity (Wildman–Crippen MR) is 101 cm³/mol. The number of likely N-dealkylation sites (N-methyl/N-ethyl adjacent to an activating group) is 1. The van der Waals surface area contributed by atoms with Gasteiger partial charge in [0, 0.05) is 6.54 Å². The van der Waals surface area contributed by atoms with Crippen molar-refractivity contribution < 1.29 is 31.1 Å². The number of amides is 1. The van der Waals surface area contributed by atoms with E-state index in [0.29, 0.717) is 17.7 Å². The summed E-state index contributed by atoms with van der Waals surface area (Å²) in [6.07, 6.45) is -10.00. The first kappa shape index (κ1) is 23.7. The molecule has 0 radical (unpaired) electrons. The Labute approximate surface area is 170 Å². The average molecular weight is 432 g/mol. The number of alkyl halides is 6. The Morgan fingerprint density at radius 2 is 1.37 bits per heavy atom. The third-order valence-corrected chi connectivity index (χ3v) is 5.02. The van der Waals surface area contributed by atoms with Crippen molar-refractivity contribution in [2.24, 2.45) is 0 Å². The molecule has 0 spiro atoms. The summed E-state index contributed by atoms with van der Waals surface area (Å²) < 4.78 is 77.9. The van der Waals surface area contributed by atoms with E-state index in [1.807, 2.05) is 0 Å². The molecule has 1 amide bonds. The number of nitrogens with one attached hydrogen (secondary N) is 1. The number of nitrogens with zero attached hydrogens (tertiary/aromatic N) is 1. The molecular formula is C21H22F6N2O. The van der Waals surface area contributed by atoms with Crippen LogP contribution in [0.15, 0.2) is 48.5 Å². The Morgan fingerprint density at radius 1 is 0.867 bits per heavy atom. The summed E-state index contributed by atoms with van der Waals surface area (Å²) >= 11 is 0. The lowest BCUT2D eigenvalue weighted by atomic mass is 9.89. The molecule has 9 heteroatoms. The Balaban J connectivity index is 2.20. The minimum Gasteiger partial charge on any atom is -0.354 e. The van der Waals surface area contributed by atoms with Crippen molar-refractivity contribution in [3.63, 3.8) is 0 Å². The van der Waals surface area contributed by atoms with Crippen molar-refractivity contribution in [3.8, 4) is 0 Å². The zero-order valence-electron chi connectivity index (χ0n) is 16.7. The molecular weight excluding hydrogens is 410 g/mol. The van der Waals surface area contributed by atoms with Gasteiger partial charge in [-0.05, 0) is 56.8 Å². The molecule has 2 aromatic carbocycles. The maximum absolute atomic E-state index is 13.0. The highest BCUT2D eigenvalue weighted by atomic mass is 19.4. The number of carbonyl (C=O) groups excluding carboxylic acids is 1. The van der Waals surface area contributed by atoms with Crippen molar-refractivity contribution in [1.82, 2.24) is 10.2 Å². The standard InChI is InChI=1S/C21H22F6N2O/c1-19(29(2)3,15-7-5-4-6-8-15)18(30)28-10-9-14-11-16(20(22,23)24)13-17(12-14)21(25,26)27/h4-8,11-13H,9-10H2,1-3H3,(H,28,30). The van der Waals surface area contributed by atoms with Gasteiger partial charge in [-0.25, -0.2) is 0 Å². The van der Waals surface area contributed by atoms with Gasteiger partial charge in [0.25, 0.3) is 0 Å². The minimum absolute atomic E-state index is 0.0839. The van der Waals surface area contributed by atoms with Crippen LogP contribution in [0.2, 0.25) is 0 Å². The highest BCUT2D eigenvalue weighted by Gasteiger charge is 2.38. The zero-order chi connectivity index (χ0) is 22.7. The number of hydrogen-bond donors (Lipinski definition) is 1. The van der Waals surface area contributed by atoms with E-state index in [0.717, 1.165) is 0 Å². The molecule has 1 atom stereocenters. The van der Waals surface area contributed by atoms with Crippen LogP contribution in [0.25, 0.3) is 0 Å². The minimum atomic E-state index is -4.91. The summed E-state index contributed by atoms with van der Waals surface area (Å²) in [5.74, 6) is -0.415. The summed E-state index contributed by atoms with van der Waals surface area (Å²) in [7, 11) is 3.41. The van der Waals surface area contributed by atoms with Crippen LogP contribution in [0.5, 0.6) is 0 Å². The van der Waals surface area contributed by atoms with Gasteiger partial charge >= 0.3 is 12.4 Å². The zero-order valence-corrected chi connectivity index (χ0v) is 16.7. The van der Waals surface area contributed by atoms with Crippen LogP contribution in [0, 0.1) is 0 Å². The van der Waals surface area contributed by atoms with Gasteiger partial charge in [-0.3, -0.25) is 9.69 Å². The fraction of sp³-hybridized carbons (Fsp3) is 0.381. The fourth-order valence-electron chi connectivity index (χ4n) is 3.01. The second-order valence-corrected chi connectivity index (χ2v) is 7.25. The van der Waals surface area contributed by atoms with Crippen LogP contribution in [-0.4, -0.2) is 31.4 Å². The summed E-state index contributed by atoms with van der Waals surface area (Å²) in [5, 5.41) is 2.62. The van der Waals surface area contributed by atoms with E-state index in [1.54, 1.807) is 56.3 Å². The van der Waals surface area contributed by atoms with Crippen molar-refractivity contribution in [1.29, 1.82) is 0 Å². The molecule has 1 unspecified atom stereocenters. The second-order valence-electron chi connectivity index (χ2n) is 7.25. The maximum Gasteiger partial charge on any atom is 0.416 e.